The van der Waals surface area contributed by atoms with Gasteiger partial charge in [0.1, 0.15) is 0 Å². The summed E-state index contributed by atoms with van der Waals surface area (Å²) in [6.07, 6.45) is 4.64. The van der Waals surface area contributed by atoms with Crippen molar-refractivity contribution in [1.29, 1.82) is 0 Å². The molecule has 0 aliphatic heterocycles. The number of rotatable bonds is 10. The highest BCUT2D eigenvalue weighted by Crippen LogP contribution is 2.06. The summed E-state index contributed by atoms with van der Waals surface area (Å²) in [5.41, 5.74) is 3.56. The number of aromatic nitrogens is 2. The first-order valence-corrected chi connectivity index (χ1v) is 9.98. The Labute approximate surface area is 172 Å². The molecule has 0 aliphatic rings. The van der Waals surface area contributed by atoms with Gasteiger partial charge in [-0.25, -0.2) is 4.79 Å². The molecule has 3 rings (SSSR count). The fourth-order valence-corrected chi connectivity index (χ4v) is 3.11. The summed E-state index contributed by atoms with van der Waals surface area (Å²) < 4.78 is 1.89. The number of hydrogen-bond acceptors (Lipinski definition) is 3. The third-order valence-electron chi connectivity index (χ3n) is 4.68. The lowest BCUT2D eigenvalue weighted by Gasteiger charge is -2.16. The number of urea groups is 1. The van der Waals surface area contributed by atoms with Gasteiger partial charge in [-0.1, -0.05) is 54.6 Å². The Bertz CT molecular complexity index is 847. The molecule has 0 saturated carbocycles. The van der Waals surface area contributed by atoms with E-state index in [-0.39, 0.29) is 6.03 Å². The molecule has 0 fully saturated rings. The average molecular weight is 392 g/mol. The van der Waals surface area contributed by atoms with Crippen LogP contribution in [0, 0.1) is 0 Å². The number of nitrogens with zero attached hydrogens (tertiary/aromatic N) is 3. The van der Waals surface area contributed by atoms with Crippen LogP contribution < -0.4 is 10.6 Å². The third kappa shape index (κ3) is 7.43. The van der Waals surface area contributed by atoms with E-state index in [0.29, 0.717) is 13.1 Å². The van der Waals surface area contributed by atoms with Gasteiger partial charge in [-0.3, -0.25) is 4.68 Å². The summed E-state index contributed by atoms with van der Waals surface area (Å²) in [6, 6.07) is 20.4. The first-order chi connectivity index (χ1) is 14.2. The maximum atomic E-state index is 12.0. The van der Waals surface area contributed by atoms with Crippen molar-refractivity contribution in [3.05, 3.63) is 89.7 Å². The number of hydrogen-bond donors (Lipinski definition) is 2. The normalized spacial score (nSPS) is 10.8. The highest BCUT2D eigenvalue weighted by atomic mass is 16.2. The Morgan fingerprint density at radius 3 is 2.45 bits per heavy atom. The molecule has 2 N–H and O–H groups in total. The number of nitrogens with one attached hydrogen (secondary N) is 2. The average Bonchev–Trinajstić information content (AvgIpc) is 3.24. The molecule has 1 aromatic heterocycles. The summed E-state index contributed by atoms with van der Waals surface area (Å²) in [5, 5.41) is 10.0. The van der Waals surface area contributed by atoms with E-state index in [2.05, 4.69) is 64.1 Å². The first kappa shape index (κ1) is 20.6. The molecule has 2 aromatic carbocycles. The van der Waals surface area contributed by atoms with E-state index in [1.807, 2.05) is 35.1 Å². The van der Waals surface area contributed by atoms with Crippen molar-refractivity contribution in [3.63, 3.8) is 0 Å². The molecule has 6 nitrogen and oxygen atoms in total. The molecule has 0 spiro atoms. The van der Waals surface area contributed by atoms with E-state index in [9.17, 15) is 4.79 Å². The van der Waals surface area contributed by atoms with Gasteiger partial charge in [0.25, 0.3) is 0 Å². The molecule has 1 heterocycles. The lowest BCUT2D eigenvalue weighted by molar-refractivity contribution is 0.239. The van der Waals surface area contributed by atoms with Gasteiger partial charge >= 0.3 is 6.03 Å². The van der Waals surface area contributed by atoms with E-state index in [0.717, 1.165) is 31.6 Å². The van der Waals surface area contributed by atoms with Gasteiger partial charge in [0, 0.05) is 32.0 Å². The topological polar surface area (TPSA) is 62.2 Å². The van der Waals surface area contributed by atoms with Gasteiger partial charge in [0.15, 0.2) is 0 Å². The minimum atomic E-state index is -0.128. The predicted octanol–water partition coefficient (Wildman–Crippen LogP) is 3.25. The van der Waals surface area contributed by atoms with E-state index in [4.69, 9.17) is 0 Å². The van der Waals surface area contributed by atoms with Gasteiger partial charge < -0.3 is 15.5 Å². The molecule has 0 aliphatic carbocycles. The van der Waals surface area contributed by atoms with Crippen molar-refractivity contribution in [2.24, 2.45) is 0 Å². The fourth-order valence-electron chi connectivity index (χ4n) is 3.11. The maximum Gasteiger partial charge on any atom is 0.315 e. The van der Waals surface area contributed by atoms with Gasteiger partial charge in [-0.2, -0.15) is 5.10 Å². The number of carbonyl (C=O) groups is 1. The summed E-state index contributed by atoms with van der Waals surface area (Å²) >= 11 is 0. The van der Waals surface area contributed by atoms with Gasteiger partial charge in [-0.05, 0) is 42.8 Å². The van der Waals surface area contributed by atoms with Crippen molar-refractivity contribution in [1.82, 2.24) is 25.3 Å². The number of carbonyl (C=O) groups excluding carboxylic acids is 1. The molecule has 0 bridgehead atoms. The zero-order valence-electron chi connectivity index (χ0n) is 16.9. The first-order valence-electron chi connectivity index (χ1n) is 9.98. The zero-order valence-corrected chi connectivity index (χ0v) is 16.9. The van der Waals surface area contributed by atoms with Crippen molar-refractivity contribution >= 4 is 6.03 Å². The van der Waals surface area contributed by atoms with Crippen LogP contribution in [-0.4, -0.2) is 40.8 Å². The highest BCUT2D eigenvalue weighted by molar-refractivity contribution is 5.73. The molecule has 29 heavy (non-hydrogen) atoms. The van der Waals surface area contributed by atoms with Crippen molar-refractivity contribution < 1.29 is 4.79 Å². The SMILES string of the molecule is CN(CCCNC(=O)NCc1ccc(Cn2cccn2)cc1)Cc1ccccc1. The Morgan fingerprint density at radius 2 is 1.72 bits per heavy atom. The Morgan fingerprint density at radius 1 is 0.966 bits per heavy atom. The molecule has 0 saturated heterocycles. The van der Waals surface area contributed by atoms with Crippen LogP contribution >= 0.6 is 0 Å². The molecule has 0 atom stereocenters. The van der Waals surface area contributed by atoms with E-state index in [1.54, 1.807) is 6.20 Å². The second kappa shape index (κ2) is 11.0. The lowest BCUT2D eigenvalue weighted by atomic mass is 10.1. The van der Waals surface area contributed by atoms with Gasteiger partial charge in [0.05, 0.1) is 6.54 Å². The molecule has 0 unspecified atom stereocenters. The van der Waals surface area contributed by atoms with Crippen molar-refractivity contribution in [3.8, 4) is 0 Å². The monoisotopic (exact) mass is 391 g/mol. The lowest BCUT2D eigenvalue weighted by Crippen LogP contribution is -2.36. The number of benzene rings is 2. The quantitative estimate of drug-likeness (QED) is 0.522. The maximum absolute atomic E-state index is 12.0. The van der Waals surface area contributed by atoms with Crippen LogP contribution in [-0.2, 0) is 19.6 Å². The standard InChI is InChI=1S/C23H29N5O/c1-27(18-21-7-3-2-4-8-21)15-5-13-24-23(29)25-17-20-9-11-22(12-10-20)19-28-16-6-14-26-28/h2-4,6-12,14,16H,5,13,15,17-19H2,1H3,(H2,24,25,29). The van der Waals surface area contributed by atoms with Crippen LogP contribution in [0.1, 0.15) is 23.1 Å². The molecule has 3 aromatic rings. The molecule has 6 heteroatoms. The summed E-state index contributed by atoms with van der Waals surface area (Å²) in [4.78, 5) is 14.2. The Balaban J connectivity index is 1.28. The van der Waals surface area contributed by atoms with E-state index in [1.165, 1.54) is 11.1 Å². The molecule has 152 valence electrons. The Hall–Kier alpha value is -3.12. The Kier molecular flexibility index (Phi) is 7.83. The summed E-state index contributed by atoms with van der Waals surface area (Å²) in [5.74, 6) is 0. The summed E-state index contributed by atoms with van der Waals surface area (Å²) in [6.45, 7) is 3.78. The van der Waals surface area contributed by atoms with E-state index >= 15 is 0 Å². The zero-order chi connectivity index (χ0) is 20.3. The minimum absolute atomic E-state index is 0.128. The molecular weight excluding hydrogens is 362 g/mol. The fraction of sp³-hybridized carbons (Fsp3) is 0.304. The second-order valence-corrected chi connectivity index (χ2v) is 7.21. The van der Waals surface area contributed by atoms with Gasteiger partial charge in [0.2, 0.25) is 0 Å². The van der Waals surface area contributed by atoms with E-state index < -0.39 is 0 Å². The van der Waals surface area contributed by atoms with Crippen molar-refractivity contribution in [2.45, 2.75) is 26.1 Å². The number of amides is 2. The van der Waals surface area contributed by atoms with Crippen LogP contribution in [0.5, 0.6) is 0 Å². The highest BCUT2D eigenvalue weighted by Gasteiger charge is 2.03. The summed E-state index contributed by atoms with van der Waals surface area (Å²) in [7, 11) is 2.10. The van der Waals surface area contributed by atoms with Crippen LogP contribution in [0.15, 0.2) is 73.1 Å². The molecule has 0 radical (unpaired) electrons. The molecule has 2 amide bonds. The van der Waals surface area contributed by atoms with Gasteiger partial charge in [-0.15, -0.1) is 0 Å². The minimum Gasteiger partial charge on any atom is -0.338 e. The van der Waals surface area contributed by atoms with Crippen LogP contribution in [0.4, 0.5) is 4.79 Å². The molecular formula is C23H29N5O. The third-order valence-corrected chi connectivity index (χ3v) is 4.68. The van der Waals surface area contributed by atoms with Crippen LogP contribution in [0.3, 0.4) is 0 Å². The second-order valence-electron chi connectivity index (χ2n) is 7.21. The smallest absolute Gasteiger partial charge is 0.315 e. The predicted molar refractivity (Wildman–Crippen MR) is 115 cm³/mol. The van der Waals surface area contributed by atoms with Crippen molar-refractivity contribution in [2.75, 3.05) is 20.1 Å². The largest absolute Gasteiger partial charge is 0.338 e. The van der Waals surface area contributed by atoms with Crippen LogP contribution in [0.2, 0.25) is 0 Å². The van der Waals surface area contributed by atoms with Crippen LogP contribution in [0.25, 0.3) is 0 Å².